The third kappa shape index (κ3) is 7.94. The quantitative estimate of drug-likeness (QED) is 0.161. The number of ether oxygens (including phenoxy) is 5. The molecule has 1 aromatic carbocycles. The molecule has 1 N–H and O–H groups in total. The summed E-state index contributed by atoms with van der Waals surface area (Å²) in [6, 6.07) is 9.07. The molecule has 3 saturated heterocycles. The minimum Gasteiger partial charge on any atom is -0.462 e. The van der Waals surface area contributed by atoms with Crippen LogP contribution in [0.25, 0.3) is 0 Å². The van der Waals surface area contributed by atoms with Crippen molar-refractivity contribution in [3.63, 3.8) is 0 Å². The number of benzene rings is 1. The highest BCUT2D eigenvalue weighted by molar-refractivity contribution is 6.43. The monoisotopic (exact) mass is 703 g/mol. The van der Waals surface area contributed by atoms with Crippen molar-refractivity contribution in [2.24, 2.45) is 28.8 Å². The number of aliphatic hydroxyl groups is 1. The summed E-state index contributed by atoms with van der Waals surface area (Å²) >= 11 is 0. The van der Waals surface area contributed by atoms with E-state index in [1.54, 1.807) is 12.1 Å². The number of hydrogen-bond acceptors (Lipinski definition) is 10. The van der Waals surface area contributed by atoms with Crippen molar-refractivity contribution in [2.45, 2.75) is 109 Å². The van der Waals surface area contributed by atoms with E-state index in [1.165, 1.54) is 7.11 Å². The second kappa shape index (κ2) is 15.6. The molecule has 0 saturated carbocycles. The summed E-state index contributed by atoms with van der Waals surface area (Å²) in [5, 5.41) is 16.3. The van der Waals surface area contributed by atoms with E-state index >= 15 is 0 Å². The predicted molar refractivity (Wildman–Crippen MR) is 191 cm³/mol. The first kappa shape index (κ1) is 37.2. The van der Waals surface area contributed by atoms with E-state index in [0.717, 1.165) is 17.6 Å². The molecule has 10 atom stereocenters. The summed E-state index contributed by atoms with van der Waals surface area (Å²) in [6.45, 7) is 10.6. The molecule has 3 fully saturated rings. The van der Waals surface area contributed by atoms with Crippen LogP contribution in [0.15, 0.2) is 82.6 Å². The van der Waals surface area contributed by atoms with Gasteiger partial charge >= 0.3 is 11.9 Å². The molecule has 0 radical (unpaired) electrons. The van der Waals surface area contributed by atoms with Gasteiger partial charge in [0.1, 0.15) is 31.3 Å². The fraction of sp³-hybridized carbons (Fsp3) is 0.585. The van der Waals surface area contributed by atoms with Gasteiger partial charge in [-0.05, 0) is 56.1 Å². The molecule has 4 heterocycles. The van der Waals surface area contributed by atoms with E-state index in [4.69, 9.17) is 28.5 Å². The number of fused-ring (bicyclic) bond motifs is 2. The molecule has 276 valence electrons. The van der Waals surface area contributed by atoms with Gasteiger partial charge in [-0.3, -0.25) is 4.79 Å². The number of nitrogens with zero attached hydrogens (tertiary/aromatic N) is 1. The van der Waals surface area contributed by atoms with Crippen LogP contribution in [0.1, 0.15) is 78.7 Å². The smallest absolute Gasteiger partial charge is 0.361 e. The summed E-state index contributed by atoms with van der Waals surface area (Å²) in [5.41, 5.74) is 1.70. The highest BCUT2D eigenvalue weighted by Gasteiger charge is 2.59. The minimum atomic E-state index is -1.53. The Labute approximate surface area is 301 Å². The van der Waals surface area contributed by atoms with E-state index in [9.17, 15) is 14.7 Å². The molecule has 1 spiro atoms. The first-order valence-corrected chi connectivity index (χ1v) is 18.4. The van der Waals surface area contributed by atoms with Crippen LogP contribution in [0, 0.1) is 23.7 Å². The average molecular weight is 704 g/mol. The molecular weight excluding hydrogens is 650 g/mol. The third-order valence-corrected chi connectivity index (χ3v) is 11.4. The number of allylic oxidation sites excluding steroid dienone is 3. The van der Waals surface area contributed by atoms with Gasteiger partial charge in [-0.15, -0.1) is 0 Å². The lowest BCUT2D eigenvalue weighted by atomic mass is 9.68. The lowest BCUT2D eigenvalue weighted by molar-refractivity contribution is -0.332. The van der Waals surface area contributed by atoms with Crippen LogP contribution in [0.5, 0.6) is 0 Å². The molecule has 1 aromatic rings. The van der Waals surface area contributed by atoms with Gasteiger partial charge in [0, 0.05) is 30.7 Å². The maximum Gasteiger partial charge on any atom is 0.361 e. The van der Waals surface area contributed by atoms with Gasteiger partial charge in [0.25, 0.3) is 0 Å². The Bertz CT molecular complexity index is 1600. The lowest BCUT2D eigenvalue weighted by Crippen LogP contribution is -2.56. The highest BCUT2D eigenvalue weighted by Crippen LogP contribution is 2.48. The van der Waals surface area contributed by atoms with Crippen LogP contribution < -0.4 is 0 Å². The number of carbonyl (C=O) groups is 2. The molecular formula is C41H53NO9. The summed E-state index contributed by atoms with van der Waals surface area (Å²) in [5.74, 6) is -2.50. The van der Waals surface area contributed by atoms with Gasteiger partial charge in [-0.2, -0.15) is 0 Å². The molecule has 6 rings (SSSR count). The zero-order chi connectivity index (χ0) is 36.3. The Morgan fingerprint density at radius 2 is 1.88 bits per heavy atom. The van der Waals surface area contributed by atoms with Gasteiger partial charge in [-0.1, -0.05) is 92.2 Å². The number of oxime groups is 1. The molecule has 10 heteroatoms. The molecule has 10 nitrogen and oxygen atoms in total. The highest BCUT2D eigenvalue weighted by atomic mass is 16.7. The SMILES string of the molecule is CO/N=C(/C(=O)OC/C1=C\C[C@@H]2C[C@@H](C[C@]3(CC[C@H](C)[C@@H](C)O3)O2)OC(=O)[C@@H]2C=C(C)[C@@H](C)[C@H]3OC/C(=C\C=C\[C@H](C)C1)[C@]32O)c1ccccc1. The zero-order valence-electron chi connectivity index (χ0n) is 30.7. The van der Waals surface area contributed by atoms with E-state index in [2.05, 4.69) is 32.0 Å². The average Bonchev–Trinajstić information content (AvgIpc) is 3.44. The van der Waals surface area contributed by atoms with Crippen LogP contribution in [0.3, 0.4) is 0 Å². The van der Waals surface area contributed by atoms with Crippen molar-refractivity contribution in [3.8, 4) is 0 Å². The van der Waals surface area contributed by atoms with Gasteiger partial charge in [0.2, 0.25) is 0 Å². The summed E-state index contributed by atoms with van der Waals surface area (Å²) in [6.07, 6.45) is 12.0. The Morgan fingerprint density at radius 1 is 1.10 bits per heavy atom. The molecule has 1 aliphatic carbocycles. The lowest BCUT2D eigenvalue weighted by Gasteiger charge is -2.49. The maximum absolute atomic E-state index is 14.2. The molecule has 4 aliphatic heterocycles. The summed E-state index contributed by atoms with van der Waals surface area (Å²) in [4.78, 5) is 32.5. The van der Waals surface area contributed by atoms with Crippen LogP contribution in [-0.2, 0) is 38.1 Å². The zero-order valence-corrected chi connectivity index (χ0v) is 30.7. The third-order valence-electron chi connectivity index (χ3n) is 11.4. The van der Waals surface area contributed by atoms with Crippen molar-refractivity contribution in [1.82, 2.24) is 0 Å². The maximum atomic E-state index is 14.2. The van der Waals surface area contributed by atoms with Gasteiger partial charge in [0.05, 0.1) is 24.9 Å². The van der Waals surface area contributed by atoms with E-state index in [0.29, 0.717) is 49.2 Å². The van der Waals surface area contributed by atoms with Gasteiger partial charge < -0.3 is 33.6 Å². The second-order valence-corrected chi connectivity index (χ2v) is 15.1. The normalized spacial score (nSPS) is 40.1. The fourth-order valence-corrected chi connectivity index (χ4v) is 8.21. The van der Waals surface area contributed by atoms with Crippen molar-refractivity contribution in [3.05, 3.63) is 83.0 Å². The topological polar surface area (TPSA) is 122 Å². The van der Waals surface area contributed by atoms with E-state index < -0.39 is 41.5 Å². The number of esters is 2. The van der Waals surface area contributed by atoms with Crippen LogP contribution in [-0.4, -0.2) is 78.9 Å². The van der Waals surface area contributed by atoms with Crippen molar-refractivity contribution < 1.29 is 43.2 Å². The van der Waals surface area contributed by atoms with E-state index in [1.807, 2.05) is 56.4 Å². The Morgan fingerprint density at radius 3 is 2.63 bits per heavy atom. The van der Waals surface area contributed by atoms with Crippen molar-refractivity contribution >= 4 is 17.7 Å². The minimum absolute atomic E-state index is 0.0207. The fourth-order valence-electron chi connectivity index (χ4n) is 8.21. The van der Waals surface area contributed by atoms with Gasteiger partial charge in [0.15, 0.2) is 11.5 Å². The molecule has 5 aliphatic rings. The molecule has 0 unspecified atom stereocenters. The standard InChI is InChI=1S/C41H53NO9/c1-25-11-10-14-32-24-47-37-28(4)27(3)20-35(41(32,37)45)38(43)49-34-21-33(51-40(22-34)18-17-26(2)29(5)50-40)16-15-30(19-25)23-48-39(44)36(42-46-6)31-12-8-7-9-13-31/h7-15,20,25-26,28-29,33-35,37,45H,16-19,21-24H2,1-6H3/b11-10+,30-15-,32-14+,42-36+/t25-,26-,28+,29+,33+,34-,35-,37+,40-,41+/m0/s1. The van der Waals surface area contributed by atoms with Gasteiger partial charge in [-0.25, -0.2) is 4.79 Å². The predicted octanol–water partition coefficient (Wildman–Crippen LogP) is 6.38. The number of hydrogen-bond donors (Lipinski definition) is 1. The summed E-state index contributed by atoms with van der Waals surface area (Å²) < 4.78 is 31.7. The molecule has 0 aromatic heterocycles. The first-order valence-electron chi connectivity index (χ1n) is 18.4. The molecule has 0 amide bonds. The van der Waals surface area contributed by atoms with Crippen LogP contribution >= 0.6 is 0 Å². The Kier molecular flexibility index (Phi) is 11.4. The Balaban J connectivity index is 1.32. The van der Waals surface area contributed by atoms with E-state index in [-0.39, 0.29) is 43.0 Å². The van der Waals surface area contributed by atoms with Crippen molar-refractivity contribution in [2.75, 3.05) is 20.3 Å². The number of rotatable bonds is 5. The second-order valence-electron chi connectivity index (χ2n) is 15.1. The van der Waals surface area contributed by atoms with Crippen LogP contribution in [0.4, 0.5) is 0 Å². The van der Waals surface area contributed by atoms with Crippen molar-refractivity contribution in [1.29, 1.82) is 0 Å². The molecule has 51 heavy (non-hydrogen) atoms. The largest absolute Gasteiger partial charge is 0.462 e. The van der Waals surface area contributed by atoms with Crippen LogP contribution in [0.2, 0.25) is 0 Å². The summed E-state index contributed by atoms with van der Waals surface area (Å²) in [7, 11) is 1.39. The number of carbonyl (C=O) groups excluding carboxylic acids is 2. The first-order chi connectivity index (χ1) is 24.4. The Hall–Kier alpha value is -3.57. The molecule has 2 bridgehead atoms.